The van der Waals surface area contributed by atoms with Crippen molar-refractivity contribution < 1.29 is 19.4 Å². The number of nitrogens with one attached hydrogen (secondary N) is 2. The van der Waals surface area contributed by atoms with Crippen LogP contribution in [-0.4, -0.2) is 48.3 Å². The summed E-state index contributed by atoms with van der Waals surface area (Å²) in [6, 6.07) is 0.393. The zero-order valence-corrected chi connectivity index (χ0v) is 24.1. The van der Waals surface area contributed by atoms with Gasteiger partial charge in [0.15, 0.2) is 0 Å². The minimum absolute atomic E-state index is 0.0575. The van der Waals surface area contributed by atoms with Gasteiger partial charge in [-0.2, -0.15) is 0 Å². The predicted molar refractivity (Wildman–Crippen MR) is 158 cm³/mol. The lowest BCUT2D eigenvalue weighted by Gasteiger charge is -2.33. The normalized spacial score (nSPS) is 27.8. The first-order valence-electron chi connectivity index (χ1n) is 15.0. The summed E-state index contributed by atoms with van der Waals surface area (Å²) in [4.78, 5) is 24.8. The minimum Gasteiger partial charge on any atom is -0.464 e. The van der Waals surface area contributed by atoms with Crippen molar-refractivity contribution in [3.63, 3.8) is 0 Å². The summed E-state index contributed by atoms with van der Waals surface area (Å²) in [7, 11) is 0. The summed E-state index contributed by atoms with van der Waals surface area (Å²) in [6.07, 6.45) is 29.4. The number of aliphatic hydroxyl groups is 1. The lowest BCUT2D eigenvalue weighted by atomic mass is 9.86. The van der Waals surface area contributed by atoms with Crippen LogP contribution in [0.3, 0.4) is 0 Å². The number of ether oxygens (including phenoxy) is 1. The van der Waals surface area contributed by atoms with Crippen LogP contribution in [-0.2, 0) is 14.3 Å². The van der Waals surface area contributed by atoms with Crippen LogP contribution in [0.4, 0.5) is 0 Å². The van der Waals surface area contributed by atoms with Crippen LogP contribution >= 0.6 is 0 Å². The van der Waals surface area contributed by atoms with Gasteiger partial charge in [0.25, 0.3) is 0 Å². The Morgan fingerprint density at radius 3 is 2.26 bits per heavy atom. The van der Waals surface area contributed by atoms with E-state index in [1.807, 2.05) is 0 Å². The summed E-state index contributed by atoms with van der Waals surface area (Å²) in [5, 5.41) is 16.5. The molecule has 0 bridgehead atoms. The van der Waals surface area contributed by atoms with Crippen LogP contribution in [0.2, 0.25) is 0 Å². The molecule has 6 heteroatoms. The number of carbonyl (C=O) groups excluding carboxylic acids is 2. The van der Waals surface area contributed by atoms with E-state index < -0.39 is 5.54 Å². The molecule has 0 aliphatic carbocycles. The Morgan fingerprint density at radius 1 is 0.895 bits per heavy atom. The van der Waals surface area contributed by atoms with Gasteiger partial charge in [0.05, 0.1) is 0 Å². The molecule has 2 atom stereocenters. The number of aliphatic hydroxyl groups excluding tert-OH is 1. The summed E-state index contributed by atoms with van der Waals surface area (Å²) in [6.45, 7) is 5.46. The third-order valence-corrected chi connectivity index (χ3v) is 6.83. The van der Waals surface area contributed by atoms with Crippen LogP contribution in [0.15, 0.2) is 48.6 Å². The van der Waals surface area contributed by atoms with Crippen molar-refractivity contribution in [3.8, 4) is 0 Å². The molecular weight excluding hydrogens is 476 g/mol. The molecule has 216 valence electrons. The minimum atomic E-state index is -0.393. The number of amides is 1. The topological polar surface area (TPSA) is 87.7 Å². The highest BCUT2D eigenvalue weighted by atomic mass is 16.5. The van der Waals surface area contributed by atoms with E-state index in [2.05, 4.69) is 73.1 Å². The summed E-state index contributed by atoms with van der Waals surface area (Å²) < 4.78 is 5.39. The Bertz CT molecular complexity index is 736. The molecule has 6 nitrogen and oxygen atoms in total. The number of carbonyl (C=O) groups is 2. The number of rotatable bonds is 6. The highest BCUT2D eigenvalue weighted by Gasteiger charge is 2.29. The fourth-order valence-corrected chi connectivity index (χ4v) is 4.80. The van der Waals surface area contributed by atoms with E-state index in [9.17, 15) is 14.7 Å². The first-order chi connectivity index (χ1) is 18.5. The van der Waals surface area contributed by atoms with Crippen molar-refractivity contribution >= 4 is 11.9 Å². The van der Waals surface area contributed by atoms with E-state index in [0.29, 0.717) is 44.9 Å². The fraction of sp³-hybridized carbons (Fsp3) is 0.688. The van der Waals surface area contributed by atoms with Crippen LogP contribution in [0, 0.1) is 0 Å². The molecule has 1 rings (SSSR count). The van der Waals surface area contributed by atoms with Gasteiger partial charge in [0.1, 0.15) is 6.61 Å². The average molecular weight is 531 g/mol. The lowest BCUT2D eigenvalue weighted by Crippen LogP contribution is -2.48. The second-order valence-electron chi connectivity index (χ2n) is 10.3. The van der Waals surface area contributed by atoms with E-state index in [0.717, 1.165) is 70.6 Å². The second-order valence-corrected chi connectivity index (χ2v) is 10.3. The number of hydrogen-bond acceptors (Lipinski definition) is 5. The van der Waals surface area contributed by atoms with Crippen molar-refractivity contribution in [2.75, 3.05) is 19.8 Å². The molecule has 1 unspecified atom stereocenters. The van der Waals surface area contributed by atoms with Gasteiger partial charge in [-0.3, -0.25) is 9.59 Å². The van der Waals surface area contributed by atoms with Crippen LogP contribution < -0.4 is 10.6 Å². The standard InChI is InChI=1S/C32H54N2O4/c1-3-19-29-20-15-11-7-5-8-12-16-21-30(36)34-32(23-4-2,25-27-35)24-18-14-10-6-9-13-17-22-31(37)38-28-26-33-29/h5-6,8-9,11,14-15,18,29,33,35H,3-4,7,10,12-13,16-17,19-28H2,1-2H3,(H,34,36)/b8-5+,9-6+,15-11+,18-14+/t29?,32-/m0/s1. The molecule has 1 amide bonds. The molecular formula is C32H54N2O4. The van der Waals surface area contributed by atoms with E-state index in [-0.39, 0.29) is 18.5 Å². The molecule has 1 aliphatic heterocycles. The van der Waals surface area contributed by atoms with Crippen molar-refractivity contribution in [3.05, 3.63) is 48.6 Å². The predicted octanol–water partition coefficient (Wildman–Crippen LogP) is 6.46. The van der Waals surface area contributed by atoms with Crippen molar-refractivity contribution in [2.24, 2.45) is 0 Å². The number of allylic oxidation sites excluding steroid dienone is 6. The Labute approximate surface area is 232 Å². The van der Waals surface area contributed by atoms with Crippen molar-refractivity contribution in [2.45, 2.75) is 122 Å². The maximum absolute atomic E-state index is 12.7. The summed E-state index contributed by atoms with van der Waals surface area (Å²) in [5.74, 6) is -0.0618. The summed E-state index contributed by atoms with van der Waals surface area (Å²) >= 11 is 0. The molecule has 0 saturated carbocycles. The van der Waals surface area contributed by atoms with Gasteiger partial charge in [-0.25, -0.2) is 0 Å². The van der Waals surface area contributed by atoms with Crippen molar-refractivity contribution in [1.82, 2.24) is 10.6 Å². The van der Waals surface area contributed by atoms with Gasteiger partial charge in [-0.15, -0.1) is 0 Å². The molecule has 0 radical (unpaired) electrons. The first kappa shape index (κ1) is 33.8. The van der Waals surface area contributed by atoms with E-state index in [1.54, 1.807) is 0 Å². The third-order valence-electron chi connectivity index (χ3n) is 6.83. The van der Waals surface area contributed by atoms with Gasteiger partial charge in [0.2, 0.25) is 5.91 Å². The quantitative estimate of drug-likeness (QED) is 0.271. The van der Waals surface area contributed by atoms with Crippen LogP contribution in [0.25, 0.3) is 0 Å². The number of hydrogen-bond donors (Lipinski definition) is 3. The maximum Gasteiger partial charge on any atom is 0.305 e. The third kappa shape index (κ3) is 17.4. The Kier molecular flexibility index (Phi) is 20.3. The van der Waals surface area contributed by atoms with Crippen molar-refractivity contribution in [1.29, 1.82) is 0 Å². The van der Waals surface area contributed by atoms with Gasteiger partial charge >= 0.3 is 5.97 Å². The Morgan fingerprint density at radius 2 is 1.58 bits per heavy atom. The average Bonchev–Trinajstić information content (AvgIpc) is 2.88. The molecule has 0 aromatic heterocycles. The number of cyclic esters (lactones) is 1. The molecule has 0 fully saturated rings. The van der Waals surface area contributed by atoms with Gasteiger partial charge in [-0.1, -0.05) is 75.3 Å². The molecule has 0 spiro atoms. The zero-order valence-electron chi connectivity index (χ0n) is 24.1. The molecule has 3 N–H and O–H groups in total. The fourth-order valence-electron chi connectivity index (χ4n) is 4.80. The Balaban J connectivity index is 2.75. The van der Waals surface area contributed by atoms with Gasteiger partial charge in [0, 0.05) is 37.6 Å². The number of esters is 1. The van der Waals surface area contributed by atoms with E-state index in [1.165, 1.54) is 0 Å². The highest BCUT2D eigenvalue weighted by Crippen LogP contribution is 2.23. The van der Waals surface area contributed by atoms with Gasteiger partial charge in [-0.05, 0) is 70.6 Å². The first-order valence-corrected chi connectivity index (χ1v) is 15.0. The van der Waals surface area contributed by atoms with Crippen LogP contribution in [0.5, 0.6) is 0 Å². The molecule has 0 aromatic carbocycles. The van der Waals surface area contributed by atoms with Gasteiger partial charge < -0.3 is 20.5 Å². The SMILES string of the molecule is CCCC1C/C=C/C/C=C/CCCC(=O)N[C@](CCC)(CCO)C/C=C/C/C=C/CCCC(=O)OCCN1. The molecule has 1 aliphatic rings. The van der Waals surface area contributed by atoms with E-state index in [4.69, 9.17) is 4.74 Å². The van der Waals surface area contributed by atoms with Crippen LogP contribution in [0.1, 0.15) is 110 Å². The molecule has 38 heavy (non-hydrogen) atoms. The molecule has 1 heterocycles. The summed E-state index contributed by atoms with van der Waals surface area (Å²) in [5.41, 5.74) is -0.393. The van der Waals surface area contributed by atoms with E-state index >= 15 is 0 Å². The smallest absolute Gasteiger partial charge is 0.305 e. The highest BCUT2D eigenvalue weighted by molar-refractivity contribution is 5.76. The maximum atomic E-state index is 12.7. The zero-order chi connectivity index (χ0) is 27.7. The second kappa shape index (κ2) is 22.8. The largest absolute Gasteiger partial charge is 0.464 e. The lowest BCUT2D eigenvalue weighted by molar-refractivity contribution is -0.143. The molecule has 0 saturated heterocycles. The Hall–Kier alpha value is -2.18. The molecule has 0 aromatic rings. The monoisotopic (exact) mass is 530 g/mol.